The average Bonchev–Trinajstić information content (AvgIpc) is 2.68. The van der Waals surface area contributed by atoms with Crippen LogP contribution in [0.2, 0.25) is 0 Å². The van der Waals surface area contributed by atoms with Crippen LogP contribution in [0.3, 0.4) is 0 Å². The number of ether oxygens (including phenoxy) is 1. The lowest BCUT2D eigenvalue weighted by Gasteiger charge is -2.16. The largest absolute Gasteiger partial charge is 0.492 e. The summed E-state index contributed by atoms with van der Waals surface area (Å²) in [5, 5.41) is 6.30. The Kier molecular flexibility index (Phi) is 11.0. The van der Waals surface area contributed by atoms with Crippen molar-refractivity contribution >= 4 is 29.9 Å². The molecule has 0 heterocycles. The Balaban J connectivity index is 0.00000450. The first-order valence-corrected chi connectivity index (χ1v) is 9.25. The molecule has 30 heavy (non-hydrogen) atoms. The molecule has 5 nitrogen and oxygen atoms in total. The Hall–Kier alpha value is -2.01. The predicted octanol–water partition coefficient (Wildman–Crippen LogP) is 4.13. The van der Waals surface area contributed by atoms with Crippen molar-refractivity contribution < 1.29 is 17.9 Å². The van der Waals surface area contributed by atoms with Crippen molar-refractivity contribution in [3.63, 3.8) is 0 Å². The molecule has 0 aromatic heterocycles. The van der Waals surface area contributed by atoms with Gasteiger partial charge in [0.25, 0.3) is 0 Å². The smallest absolute Gasteiger partial charge is 0.416 e. The van der Waals surface area contributed by atoms with Gasteiger partial charge in [-0.3, -0.25) is 4.99 Å². The molecule has 0 unspecified atom stereocenters. The Labute approximate surface area is 192 Å². The van der Waals surface area contributed by atoms with Crippen LogP contribution in [-0.2, 0) is 19.3 Å². The highest BCUT2D eigenvalue weighted by molar-refractivity contribution is 14.0. The normalized spacial score (nSPS) is 11.8. The average molecular weight is 536 g/mol. The lowest BCUT2D eigenvalue weighted by Crippen LogP contribution is -2.36. The maximum Gasteiger partial charge on any atom is 0.416 e. The van der Waals surface area contributed by atoms with Crippen LogP contribution >= 0.6 is 24.0 Å². The van der Waals surface area contributed by atoms with Gasteiger partial charge in [0.15, 0.2) is 5.96 Å². The van der Waals surface area contributed by atoms with E-state index in [2.05, 4.69) is 15.6 Å². The summed E-state index contributed by atoms with van der Waals surface area (Å²) in [6.07, 6.45) is -4.33. The molecule has 0 aliphatic heterocycles. The zero-order valence-corrected chi connectivity index (χ0v) is 19.6. The summed E-state index contributed by atoms with van der Waals surface area (Å²) in [6.45, 7) is 2.27. The minimum Gasteiger partial charge on any atom is -0.492 e. The SMILES string of the molecule is CN=C(NCc1ccc(C(F)(F)F)cc1)NCc1ccccc1OCCN(C)C.I. The molecule has 0 amide bonds. The Morgan fingerprint density at radius 1 is 1.00 bits per heavy atom. The molecule has 0 aliphatic carbocycles. The molecular formula is C21H28F3IN4O. The molecule has 2 N–H and O–H groups in total. The van der Waals surface area contributed by atoms with Crippen molar-refractivity contribution in [2.75, 3.05) is 34.3 Å². The van der Waals surface area contributed by atoms with Gasteiger partial charge in [0.2, 0.25) is 0 Å². The van der Waals surface area contributed by atoms with Crippen molar-refractivity contribution in [3.05, 3.63) is 65.2 Å². The third-order valence-electron chi connectivity index (χ3n) is 4.18. The van der Waals surface area contributed by atoms with Gasteiger partial charge in [0.1, 0.15) is 12.4 Å². The Morgan fingerprint density at radius 3 is 2.23 bits per heavy atom. The number of likely N-dealkylation sites (N-methyl/N-ethyl adjacent to an activating group) is 1. The number of rotatable bonds is 8. The summed E-state index contributed by atoms with van der Waals surface area (Å²) in [7, 11) is 5.62. The fraction of sp³-hybridized carbons (Fsp3) is 0.381. The van der Waals surface area contributed by atoms with Crippen LogP contribution in [0.5, 0.6) is 5.75 Å². The van der Waals surface area contributed by atoms with Crippen molar-refractivity contribution in [2.45, 2.75) is 19.3 Å². The van der Waals surface area contributed by atoms with Gasteiger partial charge in [-0.25, -0.2) is 0 Å². The van der Waals surface area contributed by atoms with Crippen LogP contribution in [-0.4, -0.2) is 45.2 Å². The molecule has 0 fully saturated rings. The van der Waals surface area contributed by atoms with Crippen molar-refractivity contribution in [1.82, 2.24) is 15.5 Å². The van der Waals surface area contributed by atoms with Gasteiger partial charge in [-0.05, 0) is 37.9 Å². The Morgan fingerprint density at radius 2 is 1.63 bits per heavy atom. The maximum atomic E-state index is 12.6. The van der Waals surface area contributed by atoms with Crippen LogP contribution in [0.4, 0.5) is 13.2 Å². The molecule has 2 aromatic carbocycles. The third kappa shape index (κ3) is 8.78. The minimum atomic E-state index is -4.33. The van der Waals surface area contributed by atoms with Gasteiger partial charge >= 0.3 is 6.18 Å². The van der Waals surface area contributed by atoms with E-state index in [-0.39, 0.29) is 24.0 Å². The molecule has 0 bridgehead atoms. The summed E-state index contributed by atoms with van der Waals surface area (Å²) in [5.41, 5.74) is 1.06. The van der Waals surface area contributed by atoms with Gasteiger partial charge in [-0.1, -0.05) is 30.3 Å². The number of hydrogen-bond donors (Lipinski definition) is 2. The zero-order chi connectivity index (χ0) is 21.3. The lowest BCUT2D eigenvalue weighted by molar-refractivity contribution is -0.137. The van der Waals surface area contributed by atoms with Crippen molar-refractivity contribution in [2.24, 2.45) is 4.99 Å². The first-order chi connectivity index (χ1) is 13.8. The number of guanidine groups is 1. The number of benzene rings is 2. The molecule has 0 spiro atoms. The highest BCUT2D eigenvalue weighted by Crippen LogP contribution is 2.29. The number of halogens is 4. The molecule has 166 valence electrons. The molecule has 2 aromatic rings. The molecule has 0 radical (unpaired) electrons. The number of alkyl halides is 3. The summed E-state index contributed by atoms with van der Waals surface area (Å²) in [5.74, 6) is 1.35. The molecule has 0 atom stereocenters. The highest BCUT2D eigenvalue weighted by atomic mass is 127. The van der Waals surface area contributed by atoms with Crippen LogP contribution < -0.4 is 15.4 Å². The van der Waals surface area contributed by atoms with Gasteiger partial charge < -0.3 is 20.3 Å². The summed E-state index contributed by atoms with van der Waals surface area (Å²) >= 11 is 0. The molecule has 0 saturated heterocycles. The van der Waals surface area contributed by atoms with Crippen LogP contribution in [0.25, 0.3) is 0 Å². The second-order valence-electron chi connectivity index (χ2n) is 6.73. The maximum absolute atomic E-state index is 12.6. The van der Waals surface area contributed by atoms with E-state index >= 15 is 0 Å². The van der Waals surface area contributed by atoms with Gasteiger partial charge in [0.05, 0.1) is 5.56 Å². The number of nitrogens with zero attached hydrogens (tertiary/aromatic N) is 2. The first-order valence-electron chi connectivity index (χ1n) is 9.25. The fourth-order valence-corrected chi connectivity index (χ4v) is 2.53. The summed E-state index contributed by atoms with van der Waals surface area (Å²) in [6, 6.07) is 12.8. The molecule has 0 saturated carbocycles. The first kappa shape index (κ1) is 26.0. The second-order valence-corrected chi connectivity index (χ2v) is 6.73. The van der Waals surface area contributed by atoms with E-state index < -0.39 is 11.7 Å². The number of nitrogens with one attached hydrogen (secondary N) is 2. The van der Waals surface area contributed by atoms with E-state index in [9.17, 15) is 13.2 Å². The number of hydrogen-bond acceptors (Lipinski definition) is 3. The van der Waals surface area contributed by atoms with E-state index in [1.165, 1.54) is 12.1 Å². The van der Waals surface area contributed by atoms with Crippen LogP contribution in [0.15, 0.2) is 53.5 Å². The van der Waals surface area contributed by atoms with Gasteiger partial charge in [-0.15, -0.1) is 24.0 Å². The number of para-hydroxylation sites is 1. The zero-order valence-electron chi connectivity index (χ0n) is 17.3. The molecular weight excluding hydrogens is 508 g/mol. The quantitative estimate of drug-likeness (QED) is 0.303. The van der Waals surface area contributed by atoms with E-state index in [1.807, 2.05) is 43.3 Å². The molecule has 9 heteroatoms. The van der Waals surface area contributed by atoms with Crippen LogP contribution in [0, 0.1) is 0 Å². The van der Waals surface area contributed by atoms with E-state index in [0.717, 1.165) is 35.6 Å². The van der Waals surface area contributed by atoms with Gasteiger partial charge in [-0.2, -0.15) is 13.2 Å². The monoisotopic (exact) mass is 536 g/mol. The standard InChI is InChI=1S/C21H27F3N4O.HI/c1-25-20(26-14-16-8-10-18(11-9-16)21(22,23)24)27-15-17-6-4-5-7-19(17)29-13-12-28(2)3;/h4-11H,12-15H2,1-3H3,(H2,25,26,27);1H. The Bertz CT molecular complexity index is 796. The van der Waals surface area contributed by atoms with E-state index in [4.69, 9.17) is 4.74 Å². The van der Waals surface area contributed by atoms with Gasteiger partial charge in [0, 0.05) is 32.2 Å². The molecule has 2 rings (SSSR count). The third-order valence-corrected chi connectivity index (χ3v) is 4.18. The van der Waals surface area contributed by atoms with E-state index in [1.54, 1.807) is 7.05 Å². The van der Waals surface area contributed by atoms with Crippen LogP contribution in [0.1, 0.15) is 16.7 Å². The topological polar surface area (TPSA) is 48.9 Å². The second kappa shape index (κ2) is 12.6. The lowest BCUT2D eigenvalue weighted by atomic mass is 10.1. The summed E-state index contributed by atoms with van der Waals surface area (Å²) < 4.78 is 43.8. The molecule has 0 aliphatic rings. The predicted molar refractivity (Wildman–Crippen MR) is 124 cm³/mol. The summed E-state index contributed by atoms with van der Waals surface area (Å²) in [4.78, 5) is 6.21. The highest BCUT2D eigenvalue weighted by Gasteiger charge is 2.29. The van der Waals surface area contributed by atoms with Crippen molar-refractivity contribution in [1.29, 1.82) is 0 Å². The van der Waals surface area contributed by atoms with E-state index in [0.29, 0.717) is 25.7 Å². The van der Waals surface area contributed by atoms with Crippen molar-refractivity contribution in [3.8, 4) is 5.75 Å². The number of aliphatic imine (C=N–C) groups is 1. The fourth-order valence-electron chi connectivity index (χ4n) is 2.53. The minimum absolute atomic E-state index is 0.